The summed E-state index contributed by atoms with van der Waals surface area (Å²) in [6.45, 7) is -0.516. The molecule has 1 amide bonds. The smallest absolute Gasteiger partial charge is 0.479 e. The van der Waals surface area contributed by atoms with Gasteiger partial charge in [-0.15, -0.1) is 13.2 Å². The van der Waals surface area contributed by atoms with E-state index >= 15 is 0 Å². The van der Waals surface area contributed by atoms with Gasteiger partial charge in [0.25, 0.3) is 5.91 Å². The quantitative estimate of drug-likeness (QED) is 0.232. The van der Waals surface area contributed by atoms with E-state index in [9.17, 15) is 37.5 Å². The second kappa shape index (κ2) is 12.8. The van der Waals surface area contributed by atoms with Crippen LogP contribution in [0.2, 0.25) is 0 Å². The van der Waals surface area contributed by atoms with Crippen LogP contribution < -0.4 is 10.1 Å². The fourth-order valence-corrected chi connectivity index (χ4v) is 4.55. The fraction of sp³-hybridized carbons (Fsp3) is 0.226. The molecule has 1 aliphatic rings. The Morgan fingerprint density at radius 3 is 2.17 bits per heavy atom. The molecule has 1 atom stereocenters. The monoisotopic (exact) mass is 581 g/mol. The van der Waals surface area contributed by atoms with Gasteiger partial charge in [0, 0.05) is 22.3 Å². The summed E-state index contributed by atoms with van der Waals surface area (Å²) in [4.78, 5) is 50.0. The molecule has 4 rings (SSSR count). The lowest BCUT2D eigenvalue weighted by Gasteiger charge is -2.17. The van der Waals surface area contributed by atoms with Crippen molar-refractivity contribution in [1.29, 1.82) is 0 Å². The van der Waals surface area contributed by atoms with Crippen molar-refractivity contribution in [1.82, 2.24) is 5.32 Å². The van der Waals surface area contributed by atoms with E-state index < -0.39 is 48.2 Å². The summed E-state index contributed by atoms with van der Waals surface area (Å²) < 4.78 is 42.0. The predicted molar refractivity (Wildman–Crippen MR) is 145 cm³/mol. The molecule has 0 aliphatic heterocycles. The Bertz CT molecular complexity index is 1540. The van der Waals surface area contributed by atoms with Crippen LogP contribution >= 0.6 is 0 Å². The van der Waals surface area contributed by atoms with Gasteiger partial charge < -0.3 is 20.3 Å². The van der Waals surface area contributed by atoms with Crippen molar-refractivity contribution in [3.05, 3.63) is 106 Å². The SMILES string of the molecule is O=C(/C=C(\C(=O)c1ccc(C(=O)NC[C@@H](O)C(=O)O)cc1)c1ccc2c(c1)CCCC2)c1cccc(OC(F)(F)F)c1. The molecule has 0 saturated heterocycles. The molecule has 3 N–H and O–H groups in total. The molecule has 42 heavy (non-hydrogen) atoms. The number of allylic oxidation sites excluding steroid dienone is 2. The number of ether oxygens (including phenoxy) is 1. The van der Waals surface area contributed by atoms with Gasteiger partial charge in [0.15, 0.2) is 17.7 Å². The van der Waals surface area contributed by atoms with E-state index in [1.165, 1.54) is 36.4 Å². The summed E-state index contributed by atoms with van der Waals surface area (Å²) in [7, 11) is 0. The Morgan fingerprint density at radius 2 is 1.50 bits per heavy atom. The molecule has 0 bridgehead atoms. The average molecular weight is 582 g/mol. The molecule has 0 saturated carbocycles. The summed E-state index contributed by atoms with van der Waals surface area (Å²) in [6.07, 6.45) is -1.94. The third-order valence-electron chi connectivity index (χ3n) is 6.68. The number of benzene rings is 3. The molecule has 0 radical (unpaired) electrons. The lowest BCUT2D eigenvalue weighted by Crippen LogP contribution is -2.36. The molecule has 218 valence electrons. The maximum Gasteiger partial charge on any atom is 0.573 e. The van der Waals surface area contributed by atoms with Crippen LogP contribution in [0, 0.1) is 0 Å². The number of carboxylic acid groups (broad SMARTS) is 1. The Labute approximate surface area is 238 Å². The largest absolute Gasteiger partial charge is 0.573 e. The fourth-order valence-electron chi connectivity index (χ4n) is 4.55. The molecule has 0 aromatic heterocycles. The van der Waals surface area contributed by atoms with E-state index in [-0.39, 0.29) is 22.3 Å². The van der Waals surface area contributed by atoms with Gasteiger partial charge >= 0.3 is 12.3 Å². The van der Waals surface area contributed by atoms with Crippen LogP contribution in [-0.2, 0) is 17.6 Å². The number of nitrogens with one attached hydrogen (secondary N) is 1. The number of amides is 1. The number of aryl methyl sites for hydroxylation is 2. The molecular formula is C31H26F3NO7. The Balaban J connectivity index is 1.65. The maximum atomic E-state index is 13.7. The number of Topliss-reactive ketones (excluding diaryl/α,β-unsaturated/α-hetero) is 1. The first kappa shape index (κ1) is 30.2. The number of hydrogen-bond acceptors (Lipinski definition) is 6. The van der Waals surface area contributed by atoms with Gasteiger partial charge in [-0.05, 0) is 72.7 Å². The van der Waals surface area contributed by atoms with Crippen molar-refractivity contribution in [3.63, 3.8) is 0 Å². The summed E-state index contributed by atoms with van der Waals surface area (Å²) in [5.74, 6) is -4.01. The van der Waals surface area contributed by atoms with Gasteiger partial charge in [-0.1, -0.05) is 42.5 Å². The second-order valence-electron chi connectivity index (χ2n) is 9.66. The highest BCUT2D eigenvalue weighted by atomic mass is 19.4. The summed E-state index contributed by atoms with van der Waals surface area (Å²) in [6, 6.07) is 15.4. The molecule has 11 heteroatoms. The van der Waals surface area contributed by atoms with Crippen LogP contribution in [-0.4, -0.2) is 52.7 Å². The third kappa shape index (κ3) is 7.70. The number of aliphatic hydroxyl groups excluding tert-OH is 1. The highest BCUT2D eigenvalue weighted by Gasteiger charge is 2.31. The normalized spacial score (nSPS) is 14.0. The van der Waals surface area contributed by atoms with Crippen molar-refractivity contribution < 1.29 is 47.3 Å². The first-order valence-corrected chi connectivity index (χ1v) is 13.0. The Kier molecular flexibility index (Phi) is 9.21. The second-order valence-corrected chi connectivity index (χ2v) is 9.66. The highest BCUT2D eigenvalue weighted by molar-refractivity contribution is 6.32. The van der Waals surface area contributed by atoms with Crippen molar-refractivity contribution in [3.8, 4) is 5.75 Å². The zero-order valence-corrected chi connectivity index (χ0v) is 22.1. The molecule has 3 aromatic carbocycles. The van der Waals surface area contributed by atoms with E-state index in [4.69, 9.17) is 5.11 Å². The average Bonchev–Trinajstić information content (AvgIpc) is 2.97. The maximum absolute atomic E-state index is 13.7. The van der Waals surface area contributed by atoms with Crippen molar-refractivity contribution in [2.45, 2.75) is 38.1 Å². The minimum absolute atomic E-state index is 0.0114. The van der Waals surface area contributed by atoms with E-state index in [0.717, 1.165) is 55.0 Å². The number of fused-ring (bicyclic) bond motifs is 1. The molecule has 3 aromatic rings. The summed E-state index contributed by atoms with van der Waals surface area (Å²) >= 11 is 0. The number of aliphatic hydroxyl groups is 1. The third-order valence-corrected chi connectivity index (χ3v) is 6.68. The summed E-state index contributed by atoms with van der Waals surface area (Å²) in [5, 5.41) is 20.4. The molecule has 0 unspecified atom stereocenters. The minimum atomic E-state index is -4.94. The van der Waals surface area contributed by atoms with Crippen LogP contribution in [0.15, 0.2) is 72.8 Å². The van der Waals surface area contributed by atoms with Gasteiger partial charge in [0.05, 0.1) is 6.54 Å². The van der Waals surface area contributed by atoms with Gasteiger partial charge in [0.1, 0.15) is 5.75 Å². The molecular weight excluding hydrogens is 555 g/mol. The van der Waals surface area contributed by atoms with E-state index in [1.807, 2.05) is 12.1 Å². The number of ketones is 2. The number of carbonyl (C=O) groups is 4. The van der Waals surface area contributed by atoms with E-state index in [1.54, 1.807) is 6.07 Å². The molecule has 8 nitrogen and oxygen atoms in total. The lowest BCUT2D eigenvalue weighted by atomic mass is 9.87. The molecule has 0 fully saturated rings. The lowest BCUT2D eigenvalue weighted by molar-refractivity contribution is -0.274. The van der Waals surface area contributed by atoms with Crippen LogP contribution in [0.25, 0.3) is 5.57 Å². The first-order valence-electron chi connectivity index (χ1n) is 13.0. The number of alkyl halides is 3. The Morgan fingerprint density at radius 1 is 0.857 bits per heavy atom. The van der Waals surface area contributed by atoms with Crippen molar-refractivity contribution >= 4 is 29.0 Å². The number of aliphatic carboxylic acids is 1. The van der Waals surface area contributed by atoms with E-state index in [2.05, 4.69) is 10.1 Å². The number of carboxylic acids is 1. The van der Waals surface area contributed by atoms with Crippen LogP contribution in [0.5, 0.6) is 5.75 Å². The predicted octanol–water partition coefficient (Wildman–Crippen LogP) is 4.79. The number of hydrogen-bond donors (Lipinski definition) is 3. The van der Waals surface area contributed by atoms with Crippen LogP contribution in [0.3, 0.4) is 0 Å². The van der Waals surface area contributed by atoms with Gasteiger partial charge in [0.2, 0.25) is 0 Å². The van der Waals surface area contributed by atoms with Crippen molar-refractivity contribution in [2.75, 3.05) is 6.54 Å². The highest BCUT2D eigenvalue weighted by Crippen LogP contribution is 2.29. The standard InChI is InChI=1S/C31H26F3NO7/c32-31(33,34)42-24-7-3-6-23(15-24)26(36)16-25(22-13-8-18-4-1-2-5-21(18)14-22)28(38)19-9-11-20(12-10-19)29(39)35-17-27(37)30(40)41/h3,6-16,27,37H,1-2,4-5,17H2,(H,35,39)(H,40,41)/b25-16-/t27-/m1/s1. The Hall–Kier alpha value is -4.77. The van der Waals surface area contributed by atoms with Gasteiger partial charge in [-0.2, -0.15) is 0 Å². The minimum Gasteiger partial charge on any atom is -0.479 e. The number of halogens is 3. The van der Waals surface area contributed by atoms with Crippen molar-refractivity contribution in [2.24, 2.45) is 0 Å². The zero-order chi connectivity index (χ0) is 30.4. The number of carbonyl (C=O) groups excluding carboxylic acids is 3. The van der Waals surface area contributed by atoms with Gasteiger partial charge in [-0.25, -0.2) is 4.79 Å². The number of rotatable bonds is 10. The molecule has 1 aliphatic carbocycles. The summed E-state index contributed by atoms with van der Waals surface area (Å²) in [5.41, 5.74) is 2.77. The van der Waals surface area contributed by atoms with Gasteiger partial charge in [-0.3, -0.25) is 14.4 Å². The first-order chi connectivity index (χ1) is 19.9. The van der Waals surface area contributed by atoms with Crippen LogP contribution in [0.4, 0.5) is 13.2 Å². The zero-order valence-electron chi connectivity index (χ0n) is 22.1. The molecule has 0 heterocycles. The van der Waals surface area contributed by atoms with Crippen LogP contribution in [0.1, 0.15) is 60.6 Å². The topological polar surface area (TPSA) is 130 Å². The van der Waals surface area contributed by atoms with E-state index in [0.29, 0.717) is 5.56 Å². The molecule has 0 spiro atoms.